The van der Waals surface area contributed by atoms with E-state index in [0.717, 1.165) is 12.6 Å². The van der Waals surface area contributed by atoms with Crippen LogP contribution in [0.5, 0.6) is 0 Å². The number of hydrogen-bond donors (Lipinski definition) is 1. The summed E-state index contributed by atoms with van der Waals surface area (Å²) in [6.07, 6.45) is 7.13. The Morgan fingerprint density at radius 1 is 1.57 bits per heavy atom. The maximum absolute atomic E-state index is 14.3. The van der Waals surface area contributed by atoms with E-state index in [0.29, 0.717) is 30.2 Å². The van der Waals surface area contributed by atoms with Gasteiger partial charge in [-0.25, -0.2) is 4.39 Å². The van der Waals surface area contributed by atoms with Crippen LogP contribution in [0.1, 0.15) is 13.3 Å². The predicted molar refractivity (Wildman–Crippen MR) is 84.1 cm³/mol. The highest BCUT2D eigenvalue weighted by Gasteiger charge is 2.23. The van der Waals surface area contributed by atoms with Crippen LogP contribution in [-0.2, 0) is 4.74 Å². The maximum Gasteiger partial charge on any atom is 0.167 e. The Bertz CT molecular complexity index is 546. The van der Waals surface area contributed by atoms with E-state index in [1.807, 2.05) is 0 Å². The number of aliphatic imine (C=N–C) groups is 2. The zero-order valence-corrected chi connectivity index (χ0v) is 12.2. The van der Waals surface area contributed by atoms with Crippen molar-refractivity contribution in [3.05, 3.63) is 48.2 Å². The first-order valence-electron chi connectivity index (χ1n) is 6.93. The molecular weight excluding hydrogens is 269 g/mol. The molecule has 0 aromatic carbocycles. The Morgan fingerprint density at radius 3 is 3.05 bits per heavy atom. The average Bonchev–Trinajstić information content (AvgIpc) is 2.46. The molecule has 0 saturated carbocycles. The van der Waals surface area contributed by atoms with Crippen molar-refractivity contribution < 1.29 is 9.13 Å². The van der Waals surface area contributed by atoms with Crippen molar-refractivity contribution in [1.82, 2.24) is 5.32 Å². The van der Waals surface area contributed by atoms with Crippen LogP contribution in [0.2, 0.25) is 0 Å². The second-order valence-electron chi connectivity index (χ2n) is 5.15. The van der Waals surface area contributed by atoms with Crippen molar-refractivity contribution >= 4 is 12.4 Å². The number of halogens is 1. The number of dihydropyridines is 1. The maximum atomic E-state index is 14.3. The molecule has 5 heteroatoms. The standard InChI is InChI=1S/C16H20FN3O/c1-11-10-21-7-5-15(11)20-16(14(17)9-18-3)13-4-6-19-12(2)8-13/h4,6,8-9,11,15,19H,2-3,5,7,10H2,1H3/b14-9+,20-16?. The van der Waals surface area contributed by atoms with E-state index in [-0.39, 0.29) is 12.0 Å². The van der Waals surface area contributed by atoms with Gasteiger partial charge in [-0.3, -0.25) is 9.98 Å². The monoisotopic (exact) mass is 289 g/mol. The van der Waals surface area contributed by atoms with Gasteiger partial charge in [0.2, 0.25) is 0 Å². The minimum atomic E-state index is -0.491. The van der Waals surface area contributed by atoms with Crippen LogP contribution in [0.15, 0.2) is 58.2 Å². The van der Waals surface area contributed by atoms with Crippen LogP contribution >= 0.6 is 0 Å². The molecular formula is C16H20FN3O. The molecule has 0 aromatic heterocycles. The van der Waals surface area contributed by atoms with Gasteiger partial charge >= 0.3 is 0 Å². The van der Waals surface area contributed by atoms with Gasteiger partial charge in [0.05, 0.1) is 18.8 Å². The molecule has 2 aliphatic heterocycles. The second-order valence-corrected chi connectivity index (χ2v) is 5.15. The molecule has 112 valence electrons. The van der Waals surface area contributed by atoms with Gasteiger partial charge in [0.1, 0.15) is 5.71 Å². The molecule has 21 heavy (non-hydrogen) atoms. The highest BCUT2D eigenvalue weighted by Crippen LogP contribution is 2.22. The molecule has 2 atom stereocenters. The fraction of sp³-hybridized carbons (Fsp3) is 0.375. The van der Waals surface area contributed by atoms with Crippen LogP contribution in [0.25, 0.3) is 0 Å². The van der Waals surface area contributed by atoms with E-state index >= 15 is 0 Å². The van der Waals surface area contributed by atoms with Gasteiger partial charge in [0.15, 0.2) is 5.83 Å². The van der Waals surface area contributed by atoms with Gasteiger partial charge in [0.25, 0.3) is 0 Å². The fourth-order valence-electron chi connectivity index (χ4n) is 2.31. The molecule has 0 spiro atoms. The normalized spacial score (nSPS) is 27.1. The van der Waals surface area contributed by atoms with Crippen LogP contribution in [-0.4, -0.2) is 31.7 Å². The Hall–Kier alpha value is -2.01. The van der Waals surface area contributed by atoms with Gasteiger partial charge in [-0.15, -0.1) is 0 Å². The summed E-state index contributed by atoms with van der Waals surface area (Å²) in [5, 5.41) is 2.95. The van der Waals surface area contributed by atoms with Crippen molar-refractivity contribution in [2.24, 2.45) is 15.9 Å². The Morgan fingerprint density at radius 2 is 2.38 bits per heavy atom. The molecule has 0 aliphatic carbocycles. The Balaban J connectivity index is 2.36. The molecule has 2 aliphatic rings. The van der Waals surface area contributed by atoms with Crippen molar-refractivity contribution in [2.75, 3.05) is 13.2 Å². The molecule has 0 aromatic rings. The van der Waals surface area contributed by atoms with Crippen LogP contribution in [0.3, 0.4) is 0 Å². The van der Waals surface area contributed by atoms with Gasteiger partial charge < -0.3 is 10.1 Å². The van der Waals surface area contributed by atoms with E-state index in [2.05, 4.69) is 35.5 Å². The molecule has 2 unspecified atom stereocenters. The molecule has 0 radical (unpaired) electrons. The first-order chi connectivity index (χ1) is 10.1. The van der Waals surface area contributed by atoms with E-state index in [1.54, 1.807) is 18.4 Å². The number of nitrogens with zero attached hydrogens (tertiary/aromatic N) is 2. The first-order valence-corrected chi connectivity index (χ1v) is 6.93. The number of ether oxygens (including phenoxy) is 1. The second kappa shape index (κ2) is 7.13. The largest absolute Gasteiger partial charge is 0.381 e. The molecule has 2 heterocycles. The lowest BCUT2D eigenvalue weighted by molar-refractivity contribution is 0.0497. The third kappa shape index (κ3) is 3.98. The SMILES string of the molecule is C=N/C=C(/F)C(=NC1CCOCC1C)C1=CC(=C)NC=C1. The number of rotatable bonds is 4. The van der Waals surface area contributed by atoms with Crippen molar-refractivity contribution in [3.8, 4) is 0 Å². The Labute approximate surface area is 124 Å². The zero-order valence-electron chi connectivity index (χ0n) is 12.2. The van der Waals surface area contributed by atoms with E-state index in [9.17, 15) is 4.39 Å². The highest BCUT2D eigenvalue weighted by molar-refractivity contribution is 6.13. The molecule has 0 amide bonds. The molecule has 1 saturated heterocycles. The summed E-state index contributed by atoms with van der Waals surface area (Å²) in [4.78, 5) is 8.11. The summed E-state index contributed by atoms with van der Waals surface area (Å²) in [7, 11) is 0. The summed E-state index contributed by atoms with van der Waals surface area (Å²) in [5.41, 5.74) is 1.66. The zero-order chi connectivity index (χ0) is 15.2. The lowest BCUT2D eigenvalue weighted by atomic mass is 9.97. The van der Waals surface area contributed by atoms with Crippen molar-refractivity contribution in [3.63, 3.8) is 0 Å². The van der Waals surface area contributed by atoms with E-state index < -0.39 is 5.83 Å². The van der Waals surface area contributed by atoms with Crippen molar-refractivity contribution in [2.45, 2.75) is 19.4 Å². The average molecular weight is 289 g/mol. The molecule has 1 fully saturated rings. The third-order valence-corrected chi connectivity index (χ3v) is 3.46. The minimum Gasteiger partial charge on any atom is -0.381 e. The minimum absolute atomic E-state index is 0.0372. The van der Waals surface area contributed by atoms with E-state index in [1.165, 1.54) is 0 Å². The Kier molecular flexibility index (Phi) is 5.22. The molecule has 4 nitrogen and oxygen atoms in total. The van der Waals surface area contributed by atoms with Crippen LogP contribution in [0.4, 0.5) is 4.39 Å². The van der Waals surface area contributed by atoms with Crippen LogP contribution < -0.4 is 5.32 Å². The number of hydrogen-bond acceptors (Lipinski definition) is 4. The van der Waals surface area contributed by atoms with Gasteiger partial charge in [-0.05, 0) is 25.3 Å². The summed E-state index contributed by atoms with van der Waals surface area (Å²) >= 11 is 0. The lowest BCUT2D eigenvalue weighted by Crippen LogP contribution is -2.29. The quantitative estimate of drug-likeness (QED) is 0.809. The molecule has 1 N–H and O–H groups in total. The predicted octanol–water partition coefficient (Wildman–Crippen LogP) is 2.92. The smallest absolute Gasteiger partial charge is 0.167 e. The molecule has 0 bridgehead atoms. The van der Waals surface area contributed by atoms with Gasteiger partial charge in [0, 0.05) is 30.0 Å². The molecule has 2 rings (SSSR count). The van der Waals surface area contributed by atoms with Gasteiger partial charge in [-0.2, -0.15) is 0 Å². The first kappa shape index (κ1) is 15.4. The van der Waals surface area contributed by atoms with Crippen LogP contribution in [0, 0.1) is 5.92 Å². The highest BCUT2D eigenvalue weighted by atomic mass is 19.1. The lowest BCUT2D eigenvalue weighted by Gasteiger charge is -2.26. The van der Waals surface area contributed by atoms with Gasteiger partial charge in [-0.1, -0.05) is 13.5 Å². The summed E-state index contributed by atoms with van der Waals surface area (Å²) in [6, 6.07) is 0.0372. The fourth-order valence-corrected chi connectivity index (χ4v) is 2.31. The topological polar surface area (TPSA) is 46.0 Å². The summed E-state index contributed by atoms with van der Waals surface area (Å²) in [5.74, 6) is -0.234. The van der Waals surface area contributed by atoms with E-state index in [4.69, 9.17) is 4.74 Å². The van der Waals surface area contributed by atoms with Crippen molar-refractivity contribution in [1.29, 1.82) is 0 Å². The summed E-state index contributed by atoms with van der Waals surface area (Å²) < 4.78 is 19.7. The third-order valence-electron chi connectivity index (χ3n) is 3.46. The number of nitrogens with one attached hydrogen (secondary N) is 1. The number of allylic oxidation sites excluding steroid dienone is 4. The summed E-state index contributed by atoms with van der Waals surface area (Å²) in [6.45, 7) is 10.5.